The van der Waals surface area contributed by atoms with Gasteiger partial charge in [-0.25, -0.2) is 0 Å². The molecule has 2 aromatic heterocycles. The van der Waals surface area contributed by atoms with Crippen molar-refractivity contribution in [3.63, 3.8) is 0 Å². The van der Waals surface area contributed by atoms with Gasteiger partial charge in [-0.3, -0.25) is 0 Å². The second-order valence-corrected chi connectivity index (χ2v) is 8.84. The lowest BCUT2D eigenvalue weighted by atomic mass is 9.78. The van der Waals surface area contributed by atoms with Crippen molar-refractivity contribution in [3.8, 4) is 0 Å². The van der Waals surface area contributed by atoms with E-state index in [0.29, 0.717) is 0 Å². The normalized spacial score (nSPS) is 19.4. The number of fused-ring (bicyclic) bond motifs is 5. The lowest BCUT2D eigenvalue weighted by molar-refractivity contribution is 0.00578. The fourth-order valence-corrected chi connectivity index (χ4v) is 4.74. The molecule has 0 saturated carbocycles. The van der Waals surface area contributed by atoms with E-state index in [4.69, 9.17) is 9.31 Å². The molecule has 0 unspecified atom stereocenters. The fourth-order valence-electron chi connectivity index (χ4n) is 3.55. The van der Waals surface area contributed by atoms with Crippen LogP contribution in [0, 0.1) is 0 Å². The number of thiophene rings is 1. The van der Waals surface area contributed by atoms with Crippen LogP contribution in [0.4, 0.5) is 0 Å². The minimum absolute atomic E-state index is 0.337. The molecule has 126 valence electrons. The van der Waals surface area contributed by atoms with Crippen molar-refractivity contribution < 1.29 is 9.31 Å². The first-order valence-corrected chi connectivity index (χ1v) is 9.46. The Hall–Kier alpha value is -1.82. The van der Waals surface area contributed by atoms with E-state index in [2.05, 4.69) is 75.1 Å². The Balaban J connectivity index is 1.74. The van der Waals surface area contributed by atoms with Gasteiger partial charge in [-0.05, 0) is 33.8 Å². The van der Waals surface area contributed by atoms with Crippen molar-refractivity contribution in [1.82, 2.24) is 4.98 Å². The highest BCUT2D eigenvalue weighted by atomic mass is 32.1. The number of H-pyrrole nitrogens is 1. The third kappa shape index (κ3) is 2.06. The highest BCUT2D eigenvalue weighted by Gasteiger charge is 2.52. The molecule has 0 atom stereocenters. The van der Waals surface area contributed by atoms with Gasteiger partial charge >= 0.3 is 7.12 Å². The summed E-state index contributed by atoms with van der Waals surface area (Å²) < 4.78 is 15.2. The average Bonchev–Trinajstić information content (AvgIpc) is 3.15. The third-order valence-corrected chi connectivity index (χ3v) is 6.90. The first-order chi connectivity index (χ1) is 11.9. The van der Waals surface area contributed by atoms with Crippen LogP contribution in [0.2, 0.25) is 0 Å². The van der Waals surface area contributed by atoms with Gasteiger partial charge in [0.25, 0.3) is 0 Å². The second kappa shape index (κ2) is 4.88. The van der Waals surface area contributed by atoms with Crippen molar-refractivity contribution in [2.75, 3.05) is 0 Å². The van der Waals surface area contributed by atoms with Crippen molar-refractivity contribution >= 4 is 55.1 Å². The van der Waals surface area contributed by atoms with E-state index in [-0.39, 0.29) is 18.3 Å². The number of aromatic nitrogens is 1. The number of hydrogen-bond donors (Lipinski definition) is 1. The van der Waals surface area contributed by atoms with Crippen molar-refractivity contribution in [1.29, 1.82) is 0 Å². The van der Waals surface area contributed by atoms with Crippen LogP contribution in [-0.4, -0.2) is 23.3 Å². The maximum atomic E-state index is 6.28. The summed E-state index contributed by atoms with van der Waals surface area (Å²) in [6, 6.07) is 14.9. The molecular weight excluding hydrogens is 329 g/mol. The largest absolute Gasteiger partial charge is 0.497 e. The van der Waals surface area contributed by atoms with E-state index >= 15 is 0 Å². The van der Waals surface area contributed by atoms with E-state index in [1.165, 1.54) is 25.7 Å². The van der Waals surface area contributed by atoms with Gasteiger partial charge in [0.05, 0.1) is 21.4 Å². The van der Waals surface area contributed by atoms with Gasteiger partial charge in [-0.15, -0.1) is 11.3 Å². The molecule has 1 saturated heterocycles. The maximum Gasteiger partial charge on any atom is 0.497 e. The summed E-state index contributed by atoms with van der Waals surface area (Å²) >= 11 is 1.84. The maximum absolute atomic E-state index is 6.28. The minimum atomic E-state index is -0.354. The number of benzene rings is 2. The molecule has 0 amide bonds. The Morgan fingerprint density at radius 3 is 2.28 bits per heavy atom. The summed E-state index contributed by atoms with van der Waals surface area (Å²) in [5.41, 5.74) is 2.73. The molecule has 3 nitrogen and oxygen atoms in total. The van der Waals surface area contributed by atoms with Crippen LogP contribution in [0.1, 0.15) is 27.7 Å². The Labute approximate surface area is 151 Å². The van der Waals surface area contributed by atoms with Crippen LogP contribution in [-0.2, 0) is 9.31 Å². The van der Waals surface area contributed by atoms with Crippen LogP contribution < -0.4 is 5.46 Å². The summed E-state index contributed by atoms with van der Waals surface area (Å²) in [6.07, 6.45) is 0. The second-order valence-electron chi connectivity index (χ2n) is 7.79. The number of para-hydroxylation sites is 1. The summed E-state index contributed by atoms with van der Waals surface area (Å²) in [7, 11) is -0.354. The quantitative estimate of drug-likeness (QED) is 0.499. The summed E-state index contributed by atoms with van der Waals surface area (Å²) in [5, 5.41) is 2.52. The Kier molecular flexibility index (Phi) is 3.01. The molecule has 5 heteroatoms. The zero-order valence-electron chi connectivity index (χ0n) is 14.8. The number of rotatable bonds is 1. The third-order valence-electron chi connectivity index (χ3n) is 5.69. The van der Waals surface area contributed by atoms with E-state index in [1.54, 1.807) is 0 Å². The fraction of sp³-hybridized carbons (Fsp3) is 0.300. The Morgan fingerprint density at radius 2 is 1.52 bits per heavy atom. The first-order valence-electron chi connectivity index (χ1n) is 8.65. The van der Waals surface area contributed by atoms with Gasteiger partial charge in [0.1, 0.15) is 0 Å². The first kappa shape index (κ1) is 15.4. The predicted molar refractivity (Wildman–Crippen MR) is 107 cm³/mol. The van der Waals surface area contributed by atoms with Gasteiger partial charge in [0.2, 0.25) is 0 Å². The van der Waals surface area contributed by atoms with Crippen LogP contribution in [0.15, 0.2) is 42.5 Å². The molecule has 3 heterocycles. The van der Waals surface area contributed by atoms with Crippen LogP contribution in [0.5, 0.6) is 0 Å². The Bertz CT molecular complexity index is 1110. The zero-order chi connectivity index (χ0) is 17.4. The highest BCUT2D eigenvalue weighted by molar-refractivity contribution is 7.26. The smallest absolute Gasteiger partial charge is 0.399 e. The molecule has 0 bridgehead atoms. The molecule has 1 aliphatic rings. The molecule has 5 rings (SSSR count). The SMILES string of the molecule is CC1(C)OB(c2cccc3c2[nH]c2c4ccccc4sc32)OC1(C)C. The van der Waals surface area contributed by atoms with Gasteiger partial charge in [0, 0.05) is 26.5 Å². The molecular formula is C20H20BNO2S. The lowest BCUT2D eigenvalue weighted by Crippen LogP contribution is -2.41. The van der Waals surface area contributed by atoms with E-state index in [1.807, 2.05) is 11.3 Å². The summed E-state index contributed by atoms with van der Waals surface area (Å²) in [5.74, 6) is 0. The zero-order valence-corrected chi connectivity index (χ0v) is 15.7. The summed E-state index contributed by atoms with van der Waals surface area (Å²) in [6.45, 7) is 8.36. The van der Waals surface area contributed by atoms with E-state index in [9.17, 15) is 0 Å². The Morgan fingerprint density at radius 1 is 0.840 bits per heavy atom. The lowest BCUT2D eigenvalue weighted by Gasteiger charge is -2.32. The minimum Gasteiger partial charge on any atom is -0.399 e. The molecule has 1 fully saturated rings. The van der Waals surface area contributed by atoms with E-state index < -0.39 is 0 Å². The molecule has 0 aliphatic carbocycles. The molecule has 2 aromatic carbocycles. The number of aromatic amines is 1. The van der Waals surface area contributed by atoms with Crippen molar-refractivity contribution in [3.05, 3.63) is 42.5 Å². The molecule has 0 spiro atoms. The monoisotopic (exact) mass is 349 g/mol. The van der Waals surface area contributed by atoms with Gasteiger partial charge < -0.3 is 14.3 Å². The topological polar surface area (TPSA) is 34.2 Å². The van der Waals surface area contributed by atoms with Crippen LogP contribution in [0.25, 0.3) is 31.2 Å². The van der Waals surface area contributed by atoms with Gasteiger partial charge in [-0.2, -0.15) is 0 Å². The van der Waals surface area contributed by atoms with Crippen LogP contribution in [0.3, 0.4) is 0 Å². The van der Waals surface area contributed by atoms with Crippen molar-refractivity contribution in [2.45, 2.75) is 38.9 Å². The summed E-state index contributed by atoms with van der Waals surface area (Å²) in [4.78, 5) is 3.65. The number of nitrogens with one attached hydrogen (secondary N) is 1. The van der Waals surface area contributed by atoms with E-state index in [0.717, 1.165) is 11.0 Å². The van der Waals surface area contributed by atoms with Crippen LogP contribution >= 0.6 is 11.3 Å². The van der Waals surface area contributed by atoms with Crippen molar-refractivity contribution in [2.24, 2.45) is 0 Å². The van der Waals surface area contributed by atoms with Gasteiger partial charge in [-0.1, -0.05) is 36.4 Å². The predicted octanol–water partition coefficient (Wildman–Crippen LogP) is 4.84. The molecule has 4 aromatic rings. The number of hydrogen-bond acceptors (Lipinski definition) is 3. The molecule has 1 N–H and O–H groups in total. The average molecular weight is 349 g/mol. The molecule has 0 radical (unpaired) electrons. The molecule has 25 heavy (non-hydrogen) atoms. The van der Waals surface area contributed by atoms with Gasteiger partial charge in [0.15, 0.2) is 0 Å². The molecule has 1 aliphatic heterocycles. The highest BCUT2D eigenvalue weighted by Crippen LogP contribution is 2.40. The standard InChI is InChI=1S/C20H20BNO2S/c1-19(2)20(3,4)24-21(23-19)14-10-7-9-13-16(14)22-17-12-8-5-6-11-15(12)25-18(13)17/h5-11,22H,1-4H3.